The summed E-state index contributed by atoms with van der Waals surface area (Å²) in [5.74, 6) is 2.87. The third-order valence-corrected chi connectivity index (χ3v) is 14.9. The topological polar surface area (TPSA) is 114 Å². The standard InChI is InChI=1S/C32H16N8.C9H11NO2.Ga/c1-2-10-18-17(9-1)25-33-26(18)38-28-21-13-5-6-14-22(21)30(35-28)40-32-24-16-8-7-15-23(24)31(36-32)39-29-20-12-4-3-11-19(20)27(34-29)37-25;1-10(2)8-5-3-7(4-6-8)9(11)12;/h1-16H;3-6H,1-2H3,(H,11,12);/q-2;;+3/p-1. The zero-order chi connectivity index (χ0) is 35.4. The Morgan fingerprint density at radius 2 is 0.925 bits per heavy atom. The molecule has 7 aromatic rings. The van der Waals surface area contributed by atoms with Crippen LogP contribution in [0.3, 0.4) is 0 Å². The Morgan fingerprint density at radius 1 is 0.509 bits per heavy atom. The quantitative estimate of drug-likeness (QED) is 0.212. The Hall–Kier alpha value is -6.63. The minimum absolute atomic E-state index is 0.435. The molecule has 4 aliphatic heterocycles. The van der Waals surface area contributed by atoms with E-state index in [0.29, 0.717) is 51.5 Å². The Morgan fingerprint density at radius 3 is 1.38 bits per heavy atom. The van der Waals surface area contributed by atoms with Crippen LogP contribution in [0, 0.1) is 0 Å². The second-order valence-electron chi connectivity index (χ2n) is 13.4. The summed E-state index contributed by atoms with van der Waals surface area (Å²) in [4.78, 5) is 48.0. The third-order valence-electron chi connectivity index (χ3n) is 10.1. The first-order chi connectivity index (χ1) is 26.0. The van der Waals surface area contributed by atoms with Gasteiger partial charge in [-0.2, -0.15) is 0 Å². The van der Waals surface area contributed by atoms with Gasteiger partial charge in [0.25, 0.3) is 0 Å². The molecule has 0 saturated carbocycles. The summed E-state index contributed by atoms with van der Waals surface area (Å²) < 4.78 is 11.1. The van der Waals surface area contributed by atoms with Gasteiger partial charge in [0.05, 0.1) is 0 Å². The number of amidine groups is 4. The zero-order valence-corrected chi connectivity index (χ0v) is 30.9. The van der Waals surface area contributed by atoms with E-state index in [4.69, 9.17) is 33.5 Å². The molecule has 0 N–H and O–H groups in total. The molecule has 0 saturated heterocycles. The van der Waals surface area contributed by atoms with Gasteiger partial charge in [0.1, 0.15) is 0 Å². The molecule has 0 atom stereocenters. The van der Waals surface area contributed by atoms with E-state index in [0.717, 1.165) is 49.5 Å². The molecule has 6 bridgehead atoms. The van der Waals surface area contributed by atoms with Crippen molar-refractivity contribution < 1.29 is 8.32 Å². The summed E-state index contributed by atoms with van der Waals surface area (Å²) in [5, 5.41) is 3.41. The number of carbonyl (C=O) groups excluding carboxylic acids is 1. The average Bonchev–Trinajstić information content (AvgIpc) is 3.90. The summed E-state index contributed by atoms with van der Waals surface area (Å²) in [5.41, 5.74) is 6.09. The van der Waals surface area contributed by atoms with Gasteiger partial charge in [-0.05, 0) is 0 Å². The first kappa shape index (κ1) is 30.0. The van der Waals surface area contributed by atoms with E-state index < -0.39 is 23.0 Å². The fourth-order valence-corrected chi connectivity index (χ4v) is 12.6. The van der Waals surface area contributed by atoms with Gasteiger partial charge in [-0.3, -0.25) is 0 Å². The van der Waals surface area contributed by atoms with E-state index in [-0.39, 0.29) is 0 Å². The summed E-state index contributed by atoms with van der Waals surface area (Å²) >= 11 is -4.09. The minimum atomic E-state index is -4.09. The SMILES string of the molecule is CN(C)c1ccc(C(=O)[O][Ga]2[n]3c4c5ccccc5c3N=C3N=C(N=c5c6ccccc6c([n]52)=NC2=NC(=N4)c4ccccc42)c2ccccc23)cc1. The van der Waals surface area contributed by atoms with Crippen LogP contribution in [0.5, 0.6) is 0 Å². The molecule has 0 amide bonds. The van der Waals surface area contributed by atoms with Gasteiger partial charge < -0.3 is 0 Å². The fourth-order valence-electron chi connectivity index (χ4n) is 7.55. The molecule has 53 heavy (non-hydrogen) atoms. The summed E-state index contributed by atoms with van der Waals surface area (Å²) in [6.07, 6.45) is 0. The van der Waals surface area contributed by atoms with E-state index in [1.807, 2.05) is 128 Å². The number of aliphatic imine (C=N–C) groups is 4. The number of hydrogen-bond acceptors (Lipinski definition) is 9. The van der Waals surface area contributed by atoms with Crippen LogP contribution in [0.1, 0.15) is 32.6 Å². The average molecular weight is 746 g/mol. The van der Waals surface area contributed by atoms with Gasteiger partial charge in [0.2, 0.25) is 0 Å². The molecule has 5 aromatic carbocycles. The van der Waals surface area contributed by atoms with Crippen LogP contribution in [-0.2, 0) is 3.53 Å². The monoisotopic (exact) mass is 745 g/mol. The number of fused-ring (bicyclic) bond motifs is 14. The molecule has 2 aromatic heterocycles. The van der Waals surface area contributed by atoms with Crippen LogP contribution in [0.2, 0.25) is 0 Å². The number of rotatable bonds is 3. The molecule has 250 valence electrons. The van der Waals surface area contributed by atoms with Gasteiger partial charge in [-0.25, -0.2) is 0 Å². The molecule has 0 spiro atoms. The predicted molar refractivity (Wildman–Crippen MR) is 207 cm³/mol. The van der Waals surface area contributed by atoms with E-state index >= 15 is 0 Å². The van der Waals surface area contributed by atoms with Crippen molar-refractivity contribution in [2.75, 3.05) is 19.0 Å². The van der Waals surface area contributed by atoms with E-state index in [1.54, 1.807) is 12.1 Å². The molecular formula is C41H26GaN9O2. The van der Waals surface area contributed by atoms with Gasteiger partial charge in [0.15, 0.2) is 0 Å². The maximum atomic E-state index is 14.5. The molecule has 4 aliphatic rings. The van der Waals surface area contributed by atoms with Crippen molar-refractivity contribution in [1.82, 2.24) is 6.55 Å². The van der Waals surface area contributed by atoms with Crippen molar-refractivity contribution in [3.05, 3.63) is 160 Å². The van der Waals surface area contributed by atoms with Crippen molar-refractivity contribution >= 4 is 85.2 Å². The van der Waals surface area contributed by atoms with Crippen LogP contribution in [-0.4, -0.2) is 67.0 Å². The Labute approximate surface area is 308 Å². The summed E-state index contributed by atoms with van der Waals surface area (Å²) in [6.45, 7) is 0. The third kappa shape index (κ3) is 4.39. The number of hydrogen-bond donors (Lipinski definition) is 0. The van der Waals surface area contributed by atoms with Crippen LogP contribution in [0.4, 0.5) is 17.3 Å². The zero-order valence-electron chi connectivity index (χ0n) is 28.5. The normalized spacial score (nSPS) is 14.6. The van der Waals surface area contributed by atoms with Crippen molar-refractivity contribution in [3.63, 3.8) is 0 Å². The van der Waals surface area contributed by atoms with Crippen LogP contribution in [0.15, 0.2) is 151 Å². The first-order valence-electron chi connectivity index (χ1n) is 17.2. The fraction of sp³-hybridized carbons (Fsp3) is 0.0488. The molecule has 11 rings (SSSR count). The molecule has 6 heterocycles. The number of nitrogens with zero attached hydrogens (tertiary/aromatic N) is 9. The second-order valence-corrected chi connectivity index (χ2v) is 17.4. The number of anilines is 1. The van der Waals surface area contributed by atoms with Crippen molar-refractivity contribution in [2.45, 2.75) is 0 Å². The van der Waals surface area contributed by atoms with Gasteiger partial charge in [-0.15, -0.1) is 0 Å². The Kier molecular flexibility index (Phi) is 6.34. The van der Waals surface area contributed by atoms with Crippen molar-refractivity contribution in [2.24, 2.45) is 30.0 Å². The molecule has 0 unspecified atom stereocenters. The molecule has 0 fully saturated rings. The van der Waals surface area contributed by atoms with Crippen LogP contribution in [0.25, 0.3) is 21.5 Å². The van der Waals surface area contributed by atoms with Gasteiger partial charge >= 0.3 is 309 Å². The first-order valence-corrected chi connectivity index (χ1v) is 20.4. The molecular weight excluding hydrogens is 720 g/mol. The van der Waals surface area contributed by atoms with E-state index in [1.165, 1.54) is 0 Å². The summed E-state index contributed by atoms with van der Waals surface area (Å²) in [6, 6.07) is 39.5. The number of carbonyl (C=O) groups is 1. The Bertz CT molecular complexity index is 2880. The number of benzene rings is 5. The van der Waals surface area contributed by atoms with Gasteiger partial charge in [-0.1, -0.05) is 0 Å². The Balaban J connectivity index is 1.33. The van der Waals surface area contributed by atoms with Crippen molar-refractivity contribution in [1.29, 1.82) is 0 Å². The summed E-state index contributed by atoms with van der Waals surface area (Å²) in [7, 11) is 3.93. The number of aromatic nitrogens is 2. The molecule has 11 nitrogen and oxygen atoms in total. The molecule has 12 heteroatoms. The van der Waals surface area contributed by atoms with E-state index in [2.05, 4.69) is 6.55 Å². The van der Waals surface area contributed by atoms with Crippen LogP contribution < -0.4 is 15.9 Å². The van der Waals surface area contributed by atoms with Crippen LogP contribution >= 0.6 is 0 Å². The molecule has 0 radical (unpaired) electrons. The molecule has 0 aliphatic carbocycles. The maximum absolute atomic E-state index is 14.5. The second kappa shape index (κ2) is 11.2. The van der Waals surface area contributed by atoms with E-state index in [9.17, 15) is 4.79 Å². The van der Waals surface area contributed by atoms with Crippen molar-refractivity contribution in [3.8, 4) is 0 Å². The van der Waals surface area contributed by atoms with Gasteiger partial charge in [0, 0.05) is 0 Å². The predicted octanol–water partition coefficient (Wildman–Crippen LogP) is 5.84.